The molecule has 0 aliphatic rings. The monoisotopic (exact) mass is 454 g/mol. The maximum Gasteiger partial charge on any atom is 0.264 e. The Balaban J connectivity index is 2.38. The molecular weight excluding hydrogens is 432 g/mol. The number of rotatable bonds is 8. The number of halogens is 1. The van der Waals surface area contributed by atoms with Crippen LogP contribution in [-0.2, 0) is 19.6 Å². The van der Waals surface area contributed by atoms with Crippen LogP contribution in [0.3, 0.4) is 0 Å². The first kappa shape index (κ1) is 21.4. The van der Waals surface area contributed by atoms with Gasteiger partial charge >= 0.3 is 0 Å². The lowest BCUT2D eigenvalue weighted by Gasteiger charge is -2.25. The van der Waals surface area contributed by atoms with Gasteiger partial charge < -0.3 is 10.1 Å². The second-order valence-electron chi connectivity index (χ2n) is 6.23. The van der Waals surface area contributed by atoms with E-state index < -0.39 is 15.9 Å². The number of hydrogen-bond acceptors (Lipinski definition) is 4. The summed E-state index contributed by atoms with van der Waals surface area (Å²) < 4.78 is 33.2. The second-order valence-corrected chi connectivity index (χ2v) is 9.01. The molecular formula is C19H23BrN2O4S. The molecule has 2 aromatic carbocycles. The number of nitrogens with one attached hydrogen (secondary N) is 1. The topological polar surface area (TPSA) is 75.7 Å². The van der Waals surface area contributed by atoms with Crippen LogP contribution in [0.1, 0.15) is 12.5 Å². The van der Waals surface area contributed by atoms with E-state index in [0.717, 1.165) is 14.3 Å². The molecule has 0 aliphatic carbocycles. The van der Waals surface area contributed by atoms with Crippen LogP contribution in [0.15, 0.2) is 57.9 Å². The highest BCUT2D eigenvalue weighted by atomic mass is 79.9. The molecule has 0 aliphatic heterocycles. The smallest absolute Gasteiger partial charge is 0.264 e. The molecule has 6 nitrogen and oxygen atoms in total. The minimum absolute atomic E-state index is 0.130. The van der Waals surface area contributed by atoms with E-state index in [1.54, 1.807) is 55.5 Å². The van der Waals surface area contributed by atoms with Crippen molar-refractivity contribution >= 4 is 37.5 Å². The molecule has 0 radical (unpaired) electrons. The van der Waals surface area contributed by atoms with Gasteiger partial charge in [0, 0.05) is 17.6 Å². The zero-order valence-electron chi connectivity index (χ0n) is 15.5. The minimum atomic E-state index is -3.91. The maximum atomic E-state index is 13.2. The predicted octanol–water partition coefficient (Wildman–Crippen LogP) is 3.10. The highest BCUT2D eigenvalue weighted by molar-refractivity contribution is 9.10. The first-order valence-electron chi connectivity index (χ1n) is 8.37. The van der Waals surface area contributed by atoms with E-state index in [-0.39, 0.29) is 17.5 Å². The summed E-state index contributed by atoms with van der Waals surface area (Å²) in [6.07, 6.45) is 0. The number of sulfonamides is 1. The van der Waals surface area contributed by atoms with Crippen LogP contribution >= 0.6 is 15.9 Å². The van der Waals surface area contributed by atoms with E-state index >= 15 is 0 Å². The zero-order valence-corrected chi connectivity index (χ0v) is 17.9. The van der Waals surface area contributed by atoms with Crippen LogP contribution in [0, 0.1) is 6.92 Å². The Hall–Kier alpha value is -1.90. The van der Waals surface area contributed by atoms with Crippen LogP contribution in [0.4, 0.5) is 5.69 Å². The van der Waals surface area contributed by atoms with Crippen molar-refractivity contribution in [1.29, 1.82) is 0 Å². The van der Waals surface area contributed by atoms with Crippen molar-refractivity contribution in [2.75, 3.05) is 24.6 Å². The number of methoxy groups -OCH3 is 1. The molecule has 1 atom stereocenters. The van der Waals surface area contributed by atoms with Crippen molar-refractivity contribution in [3.8, 4) is 0 Å². The van der Waals surface area contributed by atoms with Crippen molar-refractivity contribution in [1.82, 2.24) is 5.32 Å². The predicted molar refractivity (Wildman–Crippen MR) is 109 cm³/mol. The standard InChI is InChI=1S/C19H23BrN2O4S/c1-14-7-9-18(10-8-14)27(24,25)22(17-6-4-5-16(20)11-17)12-19(23)21-15(2)13-26-3/h4-11,15H,12-13H2,1-3H3,(H,21,23)/t15-/m1/s1. The number of amides is 1. The number of nitrogens with zero attached hydrogens (tertiary/aromatic N) is 1. The number of anilines is 1. The Bertz CT molecular complexity index is 885. The first-order valence-corrected chi connectivity index (χ1v) is 10.6. The van der Waals surface area contributed by atoms with Crippen LogP contribution in [-0.4, -0.2) is 40.6 Å². The highest BCUT2D eigenvalue weighted by Crippen LogP contribution is 2.26. The average Bonchev–Trinajstić information content (AvgIpc) is 2.60. The summed E-state index contributed by atoms with van der Waals surface area (Å²) in [6, 6.07) is 13.2. The third-order valence-corrected chi connectivity index (χ3v) is 6.10. The second kappa shape index (κ2) is 9.34. The Morgan fingerprint density at radius 1 is 1.22 bits per heavy atom. The van der Waals surface area contributed by atoms with Crippen LogP contribution in [0.5, 0.6) is 0 Å². The van der Waals surface area contributed by atoms with Crippen LogP contribution in [0.25, 0.3) is 0 Å². The Morgan fingerprint density at radius 2 is 1.89 bits per heavy atom. The minimum Gasteiger partial charge on any atom is -0.383 e. The SMILES string of the molecule is COC[C@@H](C)NC(=O)CN(c1cccc(Br)c1)S(=O)(=O)c1ccc(C)cc1. The van der Waals surface area contributed by atoms with Gasteiger partial charge in [0.1, 0.15) is 6.54 Å². The van der Waals surface area contributed by atoms with Gasteiger partial charge in [0.15, 0.2) is 0 Å². The normalized spacial score (nSPS) is 12.4. The van der Waals surface area contributed by atoms with E-state index in [0.29, 0.717) is 12.3 Å². The van der Waals surface area contributed by atoms with Crippen molar-refractivity contribution < 1.29 is 17.9 Å². The van der Waals surface area contributed by atoms with Gasteiger partial charge in [0.2, 0.25) is 5.91 Å². The van der Waals surface area contributed by atoms with E-state index in [2.05, 4.69) is 21.2 Å². The molecule has 2 rings (SSSR count). The molecule has 0 saturated carbocycles. The molecule has 0 heterocycles. The summed E-state index contributed by atoms with van der Waals surface area (Å²) in [5, 5.41) is 2.75. The van der Waals surface area contributed by atoms with Gasteiger partial charge in [-0.25, -0.2) is 8.42 Å². The molecule has 0 unspecified atom stereocenters. The molecule has 0 spiro atoms. The molecule has 1 N–H and O–H groups in total. The van der Waals surface area contributed by atoms with E-state index in [4.69, 9.17) is 4.74 Å². The summed E-state index contributed by atoms with van der Waals surface area (Å²) in [7, 11) is -2.37. The summed E-state index contributed by atoms with van der Waals surface area (Å²) in [4.78, 5) is 12.6. The Labute approximate surface area is 168 Å². The van der Waals surface area contributed by atoms with Gasteiger partial charge in [-0.2, -0.15) is 0 Å². The summed E-state index contributed by atoms with van der Waals surface area (Å²) in [5.74, 6) is -0.407. The van der Waals surface area contributed by atoms with Crippen molar-refractivity contribution in [3.05, 3.63) is 58.6 Å². The fourth-order valence-corrected chi connectivity index (χ4v) is 4.33. The Morgan fingerprint density at radius 3 is 2.48 bits per heavy atom. The fraction of sp³-hybridized carbons (Fsp3) is 0.316. The Kier molecular flexibility index (Phi) is 7.41. The highest BCUT2D eigenvalue weighted by Gasteiger charge is 2.27. The largest absolute Gasteiger partial charge is 0.383 e. The van der Waals surface area contributed by atoms with E-state index in [9.17, 15) is 13.2 Å². The molecule has 27 heavy (non-hydrogen) atoms. The lowest BCUT2D eigenvalue weighted by molar-refractivity contribution is -0.120. The molecule has 0 saturated heterocycles. The number of benzene rings is 2. The molecule has 2 aromatic rings. The van der Waals surface area contributed by atoms with Crippen molar-refractivity contribution in [3.63, 3.8) is 0 Å². The molecule has 146 valence electrons. The fourth-order valence-electron chi connectivity index (χ4n) is 2.53. The van der Waals surface area contributed by atoms with Gasteiger partial charge in [0.25, 0.3) is 10.0 Å². The number of carbonyl (C=O) groups excluding carboxylic acids is 1. The van der Waals surface area contributed by atoms with Crippen LogP contribution < -0.4 is 9.62 Å². The molecule has 0 bridgehead atoms. The third kappa shape index (κ3) is 5.79. The first-order chi connectivity index (χ1) is 12.7. The number of hydrogen-bond donors (Lipinski definition) is 1. The molecule has 1 amide bonds. The third-order valence-electron chi connectivity index (χ3n) is 3.82. The lowest BCUT2D eigenvalue weighted by atomic mass is 10.2. The quantitative estimate of drug-likeness (QED) is 0.664. The molecule has 0 fully saturated rings. The van der Waals surface area contributed by atoms with Gasteiger partial charge in [-0.3, -0.25) is 9.10 Å². The van der Waals surface area contributed by atoms with Gasteiger partial charge in [0.05, 0.1) is 17.2 Å². The van der Waals surface area contributed by atoms with Crippen molar-refractivity contribution in [2.24, 2.45) is 0 Å². The maximum absolute atomic E-state index is 13.2. The summed E-state index contributed by atoms with van der Waals surface area (Å²) >= 11 is 3.35. The zero-order chi connectivity index (χ0) is 20.0. The number of carbonyl (C=O) groups is 1. The lowest BCUT2D eigenvalue weighted by Crippen LogP contribution is -2.44. The van der Waals surface area contributed by atoms with Gasteiger partial charge in [-0.1, -0.05) is 39.7 Å². The molecule has 0 aromatic heterocycles. The molecule has 8 heteroatoms. The average molecular weight is 455 g/mol. The van der Waals surface area contributed by atoms with E-state index in [1.807, 2.05) is 6.92 Å². The van der Waals surface area contributed by atoms with Crippen molar-refractivity contribution in [2.45, 2.75) is 24.8 Å². The number of ether oxygens (including phenoxy) is 1. The number of aryl methyl sites for hydroxylation is 1. The van der Waals surface area contributed by atoms with E-state index in [1.165, 1.54) is 7.11 Å². The van der Waals surface area contributed by atoms with Crippen LogP contribution in [0.2, 0.25) is 0 Å². The van der Waals surface area contributed by atoms with Gasteiger partial charge in [-0.15, -0.1) is 0 Å². The summed E-state index contributed by atoms with van der Waals surface area (Å²) in [6.45, 7) is 3.68. The summed E-state index contributed by atoms with van der Waals surface area (Å²) in [5.41, 5.74) is 1.36. The van der Waals surface area contributed by atoms with Gasteiger partial charge in [-0.05, 0) is 44.2 Å².